The van der Waals surface area contributed by atoms with Crippen molar-refractivity contribution in [1.82, 2.24) is 20.9 Å². The third-order valence-corrected chi connectivity index (χ3v) is 4.12. The van der Waals surface area contributed by atoms with Gasteiger partial charge in [-0.1, -0.05) is 13.8 Å². The summed E-state index contributed by atoms with van der Waals surface area (Å²) < 4.78 is 0. The Morgan fingerprint density at radius 2 is 1.55 bits per heavy atom. The second kappa shape index (κ2) is 11.5. The second-order valence-corrected chi connectivity index (χ2v) is 6.14. The van der Waals surface area contributed by atoms with Crippen molar-refractivity contribution < 1.29 is 0 Å². The minimum absolute atomic E-state index is 0.936. The van der Waals surface area contributed by atoms with Gasteiger partial charge in [0.25, 0.3) is 0 Å². The third kappa shape index (κ3) is 8.90. The number of rotatable bonds is 14. The monoisotopic (exact) mass is 284 g/mol. The summed E-state index contributed by atoms with van der Waals surface area (Å²) in [4.78, 5) is 2.51. The molecule has 120 valence electrons. The van der Waals surface area contributed by atoms with E-state index in [1.54, 1.807) is 0 Å². The molecule has 0 saturated heterocycles. The number of nitrogens with zero attached hydrogens (tertiary/aromatic N) is 1. The first-order valence-electron chi connectivity index (χ1n) is 8.58. The molecule has 2 unspecified atom stereocenters. The van der Waals surface area contributed by atoms with Crippen LogP contribution in [0.3, 0.4) is 0 Å². The molecule has 0 aromatic rings. The minimum Gasteiger partial charge on any atom is -0.317 e. The van der Waals surface area contributed by atoms with Crippen molar-refractivity contribution in [3.05, 3.63) is 0 Å². The Morgan fingerprint density at radius 1 is 0.900 bits per heavy atom. The zero-order chi connectivity index (χ0) is 14.6. The van der Waals surface area contributed by atoms with Crippen LogP contribution in [0.25, 0.3) is 0 Å². The van der Waals surface area contributed by atoms with Crippen LogP contribution in [0.1, 0.15) is 33.1 Å². The first-order valence-corrected chi connectivity index (χ1v) is 8.58. The van der Waals surface area contributed by atoms with Crippen molar-refractivity contribution in [2.45, 2.75) is 33.1 Å². The maximum Gasteiger partial charge on any atom is 0.000986 e. The largest absolute Gasteiger partial charge is 0.317 e. The van der Waals surface area contributed by atoms with Crippen LogP contribution in [-0.4, -0.2) is 64.3 Å². The van der Waals surface area contributed by atoms with Crippen LogP contribution in [0, 0.1) is 11.8 Å². The normalized spacial score (nSPS) is 21.6. The van der Waals surface area contributed by atoms with Gasteiger partial charge in [-0.05, 0) is 84.0 Å². The van der Waals surface area contributed by atoms with Gasteiger partial charge in [-0.15, -0.1) is 0 Å². The van der Waals surface area contributed by atoms with Crippen LogP contribution in [0.5, 0.6) is 0 Å². The Balaban J connectivity index is 1.87. The van der Waals surface area contributed by atoms with Gasteiger partial charge in [-0.25, -0.2) is 0 Å². The molecule has 0 aliphatic heterocycles. The van der Waals surface area contributed by atoms with E-state index >= 15 is 0 Å². The van der Waals surface area contributed by atoms with Crippen LogP contribution < -0.4 is 16.0 Å². The molecule has 0 aromatic carbocycles. The van der Waals surface area contributed by atoms with Gasteiger partial charge in [0.15, 0.2) is 0 Å². The fourth-order valence-electron chi connectivity index (χ4n) is 2.73. The summed E-state index contributed by atoms with van der Waals surface area (Å²) in [5, 5.41) is 10.4. The Morgan fingerprint density at radius 3 is 2.25 bits per heavy atom. The average molecular weight is 284 g/mol. The summed E-state index contributed by atoms with van der Waals surface area (Å²) in [6, 6.07) is 0. The van der Waals surface area contributed by atoms with Gasteiger partial charge in [0, 0.05) is 6.54 Å². The van der Waals surface area contributed by atoms with E-state index in [1.807, 2.05) is 0 Å². The Labute approximate surface area is 126 Å². The zero-order valence-electron chi connectivity index (χ0n) is 13.9. The summed E-state index contributed by atoms with van der Waals surface area (Å²) in [6.45, 7) is 13.7. The van der Waals surface area contributed by atoms with Crippen LogP contribution >= 0.6 is 0 Å². The Bertz CT molecular complexity index is 223. The molecule has 0 spiro atoms. The van der Waals surface area contributed by atoms with E-state index in [-0.39, 0.29) is 0 Å². The van der Waals surface area contributed by atoms with Crippen LogP contribution in [-0.2, 0) is 0 Å². The third-order valence-electron chi connectivity index (χ3n) is 4.12. The van der Waals surface area contributed by atoms with Crippen LogP contribution in [0.4, 0.5) is 0 Å². The number of hydrogen-bond donors (Lipinski definition) is 3. The summed E-state index contributed by atoms with van der Waals surface area (Å²) >= 11 is 0. The van der Waals surface area contributed by atoms with E-state index in [2.05, 4.69) is 41.7 Å². The maximum absolute atomic E-state index is 3.60. The zero-order valence-corrected chi connectivity index (χ0v) is 13.9. The highest BCUT2D eigenvalue weighted by Crippen LogP contribution is 2.38. The van der Waals surface area contributed by atoms with E-state index in [0.29, 0.717) is 0 Å². The van der Waals surface area contributed by atoms with Crippen molar-refractivity contribution in [2.24, 2.45) is 11.8 Å². The van der Waals surface area contributed by atoms with Crippen molar-refractivity contribution in [1.29, 1.82) is 0 Å². The molecule has 0 amide bonds. The summed E-state index contributed by atoms with van der Waals surface area (Å²) in [5.41, 5.74) is 0. The van der Waals surface area contributed by atoms with E-state index in [1.165, 1.54) is 38.9 Å². The molecule has 2 atom stereocenters. The molecule has 1 aliphatic carbocycles. The number of hydrogen-bond acceptors (Lipinski definition) is 4. The summed E-state index contributed by atoms with van der Waals surface area (Å²) in [7, 11) is 2.27. The molecule has 4 heteroatoms. The lowest BCUT2D eigenvalue weighted by atomic mass is 10.2. The summed E-state index contributed by atoms with van der Waals surface area (Å²) in [5.74, 6) is 1.88. The van der Waals surface area contributed by atoms with Gasteiger partial charge in [0.2, 0.25) is 0 Å². The molecule has 0 radical (unpaired) electrons. The lowest BCUT2D eigenvalue weighted by Gasteiger charge is -2.16. The number of nitrogens with one attached hydrogen (secondary N) is 3. The predicted molar refractivity (Wildman–Crippen MR) is 88.3 cm³/mol. The molecular weight excluding hydrogens is 248 g/mol. The van der Waals surface area contributed by atoms with Gasteiger partial charge < -0.3 is 20.9 Å². The fraction of sp³-hybridized carbons (Fsp3) is 1.00. The van der Waals surface area contributed by atoms with Crippen molar-refractivity contribution in [3.63, 3.8) is 0 Å². The first kappa shape index (κ1) is 17.9. The van der Waals surface area contributed by atoms with E-state index in [9.17, 15) is 0 Å². The SMILES string of the molecule is CCNCCCNCC1CC1CN(C)CCCNCC. The molecule has 0 bridgehead atoms. The van der Waals surface area contributed by atoms with Crippen molar-refractivity contribution in [3.8, 4) is 0 Å². The highest BCUT2D eigenvalue weighted by molar-refractivity contribution is 4.89. The maximum atomic E-state index is 3.60. The standard InChI is InChI=1S/C16H36N4/c1-4-17-8-6-9-19-13-15-12-16(15)14-20(3)11-7-10-18-5-2/h15-19H,4-14H2,1-3H3. The molecule has 4 nitrogen and oxygen atoms in total. The fourth-order valence-corrected chi connectivity index (χ4v) is 2.73. The van der Waals surface area contributed by atoms with Crippen LogP contribution in [0.15, 0.2) is 0 Å². The van der Waals surface area contributed by atoms with Gasteiger partial charge in [0.1, 0.15) is 0 Å². The Hall–Kier alpha value is -0.160. The second-order valence-electron chi connectivity index (χ2n) is 6.14. The van der Waals surface area contributed by atoms with Gasteiger partial charge in [-0.3, -0.25) is 0 Å². The molecule has 20 heavy (non-hydrogen) atoms. The average Bonchev–Trinajstić information content (AvgIpc) is 3.17. The molecule has 1 fully saturated rings. The topological polar surface area (TPSA) is 39.3 Å². The van der Waals surface area contributed by atoms with Crippen molar-refractivity contribution in [2.75, 3.05) is 59.4 Å². The van der Waals surface area contributed by atoms with Crippen molar-refractivity contribution >= 4 is 0 Å². The highest BCUT2D eigenvalue weighted by atomic mass is 15.1. The molecule has 1 aliphatic rings. The molecule has 0 aromatic heterocycles. The quantitative estimate of drug-likeness (QED) is 0.418. The Kier molecular flexibility index (Phi) is 10.3. The van der Waals surface area contributed by atoms with Gasteiger partial charge >= 0.3 is 0 Å². The lowest BCUT2D eigenvalue weighted by molar-refractivity contribution is 0.307. The van der Waals surface area contributed by atoms with Gasteiger partial charge in [0.05, 0.1) is 0 Å². The van der Waals surface area contributed by atoms with Gasteiger partial charge in [-0.2, -0.15) is 0 Å². The molecule has 1 rings (SSSR count). The predicted octanol–water partition coefficient (Wildman–Crippen LogP) is 1.14. The molecule has 3 N–H and O–H groups in total. The molecular formula is C16H36N4. The lowest BCUT2D eigenvalue weighted by Crippen LogP contribution is -2.27. The van der Waals surface area contributed by atoms with E-state index < -0.39 is 0 Å². The smallest absolute Gasteiger partial charge is 0.000986 e. The summed E-state index contributed by atoms with van der Waals surface area (Å²) in [6.07, 6.45) is 3.94. The molecule has 0 heterocycles. The molecule has 1 saturated carbocycles. The minimum atomic E-state index is 0.936. The van der Waals surface area contributed by atoms with E-state index in [0.717, 1.165) is 44.6 Å². The van der Waals surface area contributed by atoms with Crippen LogP contribution in [0.2, 0.25) is 0 Å². The van der Waals surface area contributed by atoms with E-state index in [4.69, 9.17) is 0 Å². The highest BCUT2D eigenvalue weighted by Gasteiger charge is 2.36. The first-order chi connectivity index (χ1) is 9.77.